The number of halogens is 1. The molecule has 0 spiro atoms. The molecule has 0 N–H and O–H groups in total. The lowest BCUT2D eigenvalue weighted by Crippen LogP contribution is -2.56. The van der Waals surface area contributed by atoms with Gasteiger partial charge in [0, 0.05) is 28.1 Å². The highest BCUT2D eigenvalue weighted by Crippen LogP contribution is 2.64. The van der Waals surface area contributed by atoms with Crippen LogP contribution in [0.25, 0.3) is 0 Å². The number of esters is 1. The minimum Gasteiger partial charge on any atom is -0.467 e. The number of carbonyl (C=O) groups excluding carboxylic acids is 1. The zero-order chi connectivity index (χ0) is 19.5. The SMILES string of the molecule is O=C(OCc1cc([N+](=O)[O-])cc2c1OCOC2)C12C[C@@H]3C[C@@H](CC(Cl)(C3)C1)C2. The molecule has 1 heterocycles. The van der Waals surface area contributed by atoms with Gasteiger partial charge in [0.25, 0.3) is 5.69 Å². The number of carbonyl (C=O) groups is 1. The van der Waals surface area contributed by atoms with Crippen molar-refractivity contribution in [1.29, 1.82) is 0 Å². The maximum atomic E-state index is 13.1. The summed E-state index contributed by atoms with van der Waals surface area (Å²) in [6, 6.07) is 2.86. The van der Waals surface area contributed by atoms with Gasteiger partial charge in [-0.3, -0.25) is 14.9 Å². The summed E-state index contributed by atoms with van der Waals surface area (Å²) < 4.78 is 16.5. The van der Waals surface area contributed by atoms with Crippen molar-refractivity contribution >= 4 is 23.3 Å². The lowest BCUT2D eigenvalue weighted by Gasteiger charge is -2.58. The van der Waals surface area contributed by atoms with Crippen LogP contribution < -0.4 is 4.74 Å². The molecule has 150 valence electrons. The Morgan fingerprint density at radius 1 is 1.29 bits per heavy atom. The second-order valence-electron chi connectivity index (χ2n) is 8.93. The molecule has 1 aliphatic heterocycles. The van der Waals surface area contributed by atoms with E-state index in [0.717, 1.165) is 32.1 Å². The summed E-state index contributed by atoms with van der Waals surface area (Å²) >= 11 is 6.82. The van der Waals surface area contributed by atoms with Gasteiger partial charge in [-0.1, -0.05) is 0 Å². The fourth-order valence-electron chi connectivity index (χ4n) is 6.18. The molecule has 8 heteroatoms. The monoisotopic (exact) mass is 407 g/mol. The molecule has 4 fully saturated rings. The maximum Gasteiger partial charge on any atom is 0.312 e. The van der Waals surface area contributed by atoms with Crippen molar-refractivity contribution in [2.75, 3.05) is 6.79 Å². The predicted octanol–water partition coefficient (Wildman–Crippen LogP) is 4.08. The van der Waals surface area contributed by atoms with E-state index in [1.54, 1.807) is 0 Å². The molecule has 1 aromatic carbocycles. The third-order valence-electron chi connectivity index (χ3n) is 6.76. The second-order valence-corrected chi connectivity index (χ2v) is 9.73. The van der Waals surface area contributed by atoms with Gasteiger partial charge in [0.05, 0.1) is 16.9 Å². The minimum absolute atomic E-state index is 0.0464. The largest absolute Gasteiger partial charge is 0.467 e. The average Bonchev–Trinajstić information content (AvgIpc) is 2.63. The molecule has 2 unspecified atom stereocenters. The van der Waals surface area contributed by atoms with Crippen LogP contribution in [0.4, 0.5) is 5.69 Å². The number of non-ortho nitro benzene ring substituents is 1. The van der Waals surface area contributed by atoms with E-state index in [1.807, 2.05) is 0 Å². The van der Waals surface area contributed by atoms with E-state index in [0.29, 0.717) is 35.1 Å². The highest BCUT2D eigenvalue weighted by Gasteiger charge is 2.60. The Labute approximate surface area is 167 Å². The fourth-order valence-corrected chi connectivity index (χ4v) is 6.87. The zero-order valence-corrected chi connectivity index (χ0v) is 16.2. The normalized spacial score (nSPS) is 35.2. The molecule has 4 bridgehead atoms. The molecule has 0 amide bonds. The van der Waals surface area contributed by atoms with Crippen LogP contribution in [-0.4, -0.2) is 22.6 Å². The van der Waals surface area contributed by atoms with E-state index in [4.69, 9.17) is 25.8 Å². The Kier molecular flexibility index (Phi) is 4.11. The molecule has 7 nitrogen and oxygen atoms in total. The molecule has 6 rings (SSSR count). The molecular weight excluding hydrogens is 386 g/mol. The zero-order valence-electron chi connectivity index (χ0n) is 15.4. The summed E-state index contributed by atoms with van der Waals surface area (Å²) in [6.45, 7) is 0.267. The highest BCUT2D eigenvalue weighted by atomic mass is 35.5. The topological polar surface area (TPSA) is 87.9 Å². The molecule has 1 aromatic rings. The molecule has 4 saturated carbocycles. The van der Waals surface area contributed by atoms with Gasteiger partial charge in [-0.05, 0) is 50.4 Å². The summed E-state index contributed by atoms with van der Waals surface area (Å²) in [4.78, 5) is 23.6. The van der Waals surface area contributed by atoms with Crippen LogP contribution in [0.5, 0.6) is 5.75 Å². The summed E-state index contributed by atoms with van der Waals surface area (Å²) in [5.74, 6) is 1.29. The Bertz CT molecular complexity index is 841. The van der Waals surface area contributed by atoms with E-state index >= 15 is 0 Å². The first-order chi connectivity index (χ1) is 13.4. The van der Waals surface area contributed by atoms with Gasteiger partial charge in [0.1, 0.15) is 12.4 Å². The molecular formula is C20H22ClNO6. The molecule has 28 heavy (non-hydrogen) atoms. The van der Waals surface area contributed by atoms with Crippen molar-refractivity contribution < 1.29 is 23.9 Å². The Morgan fingerprint density at radius 2 is 2.04 bits per heavy atom. The average molecular weight is 408 g/mol. The number of nitrogens with zero attached hydrogens (tertiary/aromatic N) is 1. The van der Waals surface area contributed by atoms with Crippen molar-refractivity contribution in [3.63, 3.8) is 0 Å². The molecule has 0 saturated heterocycles. The van der Waals surface area contributed by atoms with Gasteiger partial charge >= 0.3 is 5.97 Å². The number of fused-ring (bicyclic) bond motifs is 1. The lowest BCUT2D eigenvalue weighted by molar-refractivity contribution is -0.385. The van der Waals surface area contributed by atoms with Gasteiger partial charge in [0.2, 0.25) is 0 Å². The first-order valence-electron chi connectivity index (χ1n) is 9.73. The highest BCUT2D eigenvalue weighted by molar-refractivity contribution is 6.24. The smallest absolute Gasteiger partial charge is 0.312 e. The standard InChI is InChI=1S/C20H22ClNO6/c21-20-6-12-1-13(7-20)5-19(4-12,10-20)18(23)27-9-15-3-16(22(24)25)2-14-8-26-11-28-17(14)15/h2-3,12-13H,1,4-11H2/t12-,13+,19?,20?. The third kappa shape index (κ3) is 2.95. The van der Waals surface area contributed by atoms with E-state index in [-0.39, 0.29) is 36.5 Å². The number of nitro benzene ring substituents is 1. The van der Waals surface area contributed by atoms with Crippen LogP contribution >= 0.6 is 11.6 Å². The minimum atomic E-state index is -0.503. The van der Waals surface area contributed by atoms with Crippen molar-refractivity contribution in [3.8, 4) is 5.75 Å². The van der Waals surface area contributed by atoms with Crippen LogP contribution in [0.1, 0.15) is 49.7 Å². The summed E-state index contributed by atoms with van der Waals surface area (Å²) in [5.41, 5.74) is 0.539. The van der Waals surface area contributed by atoms with Crippen LogP contribution in [0.3, 0.4) is 0 Å². The van der Waals surface area contributed by atoms with Crippen LogP contribution in [0.15, 0.2) is 12.1 Å². The van der Waals surface area contributed by atoms with Crippen molar-refractivity contribution in [1.82, 2.24) is 0 Å². The van der Waals surface area contributed by atoms with Crippen molar-refractivity contribution in [3.05, 3.63) is 33.4 Å². The van der Waals surface area contributed by atoms with Gasteiger partial charge in [-0.15, -0.1) is 11.6 Å². The van der Waals surface area contributed by atoms with E-state index in [2.05, 4.69) is 0 Å². The first-order valence-corrected chi connectivity index (χ1v) is 10.1. The number of rotatable bonds is 4. The predicted molar refractivity (Wildman–Crippen MR) is 98.9 cm³/mol. The molecule has 5 aliphatic rings. The number of ether oxygens (including phenoxy) is 3. The van der Waals surface area contributed by atoms with Crippen LogP contribution in [0, 0.1) is 27.4 Å². The van der Waals surface area contributed by atoms with Gasteiger partial charge in [0.15, 0.2) is 6.79 Å². The summed E-state index contributed by atoms with van der Waals surface area (Å²) in [5, 5.41) is 11.2. The number of hydrogen-bond acceptors (Lipinski definition) is 6. The fraction of sp³-hybridized carbons (Fsp3) is 0.650. The van der Waals surface area contributed by atoms with Crippen molar-refractivity contribution in [2.24, 2.45) is 17.3 Å². The molecule has 4 atom stereocenters. The number of alkyl halides is 1. The summed E-state index contributed by atoms with van der Waals surface area (Å²) in [6.07, 6.45) is 5.50. The Balaban J connectivity index is 1.37. The molecule has 0 radical (unpaired) electrons. The molecule has 4 aliphatic carbocycles. The van der Waals surface area contributed by atoms with E-state index in [9.17, 15) is 14.9 Å². The van der Waals surface area contributed by atoms with Gasteiger partial charge in [-0.25, -0.2) is 0 Å². The van der Waals surface area contributed by atoms with E-state index in [1.165, 1.54) is 12.1 Å². The maximum absolute atomic E-state index is 13.1. The third-order valence-corrected chi connectivity index (χ3v) is 7.21. The number of nitro groups is 1. The van der Waals surface area contributed by atoms with Gasteiger partial charge in [-0.2, -0.15) is 0 Å². The number of benzene rings is 1. The molecule has 0 aromatic heterocycles. The second kappa shape index (κ2) is 6.32. The van der Waals surface area contributed by atoms with Gasteiger partial charge < -0.3 is 14.2 Å². The van der Waals surface area contributed by atoms with Crippen molar-refractivity contribution in [2.45, 2.75) is 56.6 Å². The Morgan fingerprint density at radius 3 is 2.71 bits per heavy atom. The lowest BCUT2D eigenvalue weighted by atomic mass is 9.49. The first kappa shape index (κ1) is 18.2. The summed E-state index contributed by atoms with van der Waals surface area (Å²) in [7, 11) is 0. The van der Waals surface area contributed by atoms with Crippen LogP contribution in [-0.2, 0) is 27.5 Å². The quantitative estimate of drug-likeness (QED) is 0.323. The van der Waals surface area contributed by atoms with Crippen LogP contribution in [0.2, 0.25) is 0 Å². The van der Waals surface area contributed by atoms with E-state index < -0.39 is 10.3 Å². The Hall–Kier alpha value is -1.86. The number of hydrogen-bond donors (Lipinski definition) is 0.